The van der Waals surface area contributed by atoms with Crippen molar-refractivity contribution in [3.05, 3.63) is 48.4 Å². The van der Waals surface area contributed by atoms with Gasteiger partial charge < -0.3 is 15.1 Å². The van der Waals surface area contributed by atoms with Crippen LogP contribution in [0.5, 0.6) is 0 Å². The van der Waals surface area contributed by atoms with Crippen LogP contribution in [0.3, 0.4) is 0 Å². The summed E-state index contributed by atoms with van der Waals surface area (Å²) in [6, 6.07) is 8.00. The number of para-hydroxylation sites is 1. The number of hydrogen-bond donors (Lipinski definition) is 2. The topological polar surface area (TPSA) is 84.3 Å². The van der Waals surface area contributed by atoms with Gasteiger partial charge in [0.15, 0.2) is 0 Å². The highest BCUT2D eigenvalue weighted by Gasteiger charge is 2.30. The van der Waals surface area contributed by atoms with Crippen LogP contribution in [0.15, 0.2) is 48.0 Å². The summed E-state index contributed by atoms with van der Waals surface area (Å²) in [4.78, 5) is 21.0. The number of rotatable bonds is 5. The van der Waals surface area contributed by atoms with Crippen LogP contribution in [0.1, 0.15) is 25.3 Å². The van der Waals surface area contributed by atoms with Crippen LogP contribution in [0.4, 0.5) is 5.69 Å². The smallest absolute Gasteiger partial charge is 0.268 e. The molecule has 128 valence electrons. The molecule has 1 aliphatic rings. The first kappa shape index (κ1) is 15.4. The van der Waals surface area contributed by atoms with Crippen molar-refractivity contribution in [1.82, 2.24) is 14.8 Å². The first-order valence-electron chi connectivity index (χ1n) is 8.37. The minimum atomic E-state index is -0.630. The molecule has 0 aliphatic carbocycles. The van der Waals surface area contributed by atoms with Gasteiger partial charge in [0.05, 0.1) is 23.1 Å². The van der Waals surface area contributed by atoms with Crippen molar-refractivity contribution in [2.45, 2.75) is 32.4 Å². The summed E-state index contributed by atoms with van der Waals surface area (Å²) < 4.78 is 1.80. The Hall–Kier alpha value is -3.09. The van der Waals surface area contributed by atoms with E-state index in [-0.39, 0.29) is 5.91 Å². The molecule has 7 heteroatoms. The van der Waals surface area contributed by atoms with Crippen molar-refractivity contribution < 1.29 is 9.63 Å². The summed E-state index contributed by atoms with van der Waals surface area (Å²) in [5, 5.41) is 12.3. The van der Waals surface area contributed by atoms with Crippen LogP contribution in [0.25, 0.3) is 10.9 Å². The van der Waals surface area contributed by atoms with Crippen LogP contribution in [0, 0.1) is 0 Å². The summed E-state index contributed by atoms with van der Waals surface area (Å²) in [7, 11) is 0. The molecule has 2 N–H and O–H groups in total. The van der Waals surface area contributed by atoms with Gasteiger partial charge in [0.1, 0.15) is 0 Å². The minimum absolute atomic E-state index is 0.214. The number of amides is 1. The number of aromatic nitrogens is 3. The molecule has 1 amide bonds. The predicted octanol–water partition coefficient (Wildman–Crippen LogP) is 2.91. The molecule has 0 fully saturated rings. The molecule has 25 heavy (non-hydrogen) atoms. The number of carbonyl (C=O) groups is 1. The number of aromatic amines is 1. The lowest BCUT2D eigenvalue weighted by Gasteiger charge is -2.07. The van der Waals surface area contributed by atoms with Gasteiger partial charge in [-0.25, -0.2) is 0 Å². The third-order valence-electron chi connectivity index (χ3n) is 4.21. The quantitative estimate of drug-likeness (QED) is 0.751. The molecule has 0 spiro atoms. The van der Waals surface area contributed by atoms with E-state index >= 15 is 0 Å². The second-order valence-electron chi connectivity index (χ2n) is 6.06. The maximum Gasteiger partial charge on any atom is 0.268 e. The Bertz CT molecular complexity index is 940. The minimum Gasteiger partial charge on any atom is -0.382 e. The lowest BCUT2D eigenvalue weighted by molar-refractivity contribution is -0.125. The number of carbonyl (C=O) groups excluding carboxylic acids is 1. The fraction of sp³-hybridized carbons (Fsp3) is 0.278. The number of hydrogen-bond acceptors (Lipinski definition) is 4. The van der Waals surface area contributed by atoms with Gasteiger partial charge in [0.25, 0.3) is 5.91 Å². The molecule has 7 nitrogen and oxygen atoms in total. The first-order chi connectivity index (χ1) is 12.2. The number of benzene rings is 1. The van der Waals surface area contributed by atoms with E-state index in [0.717, 1.165) is 35.1 Å². The van der Waals surface area contributed by atoms with Gasteiger partial charge in [-0.2, -0.15) is 5.10 Å². The average Bonchev–Trinajstić information content (AvgIpc) is 3.35. The van der Waals surface area contributed by atoms with Crippen LogP contribution >= 0.6 is 0 Å². The van der Waals surface area contributed by atoms with E-state index in [1.54, 1.807) is 10.9 Å². The first-order valence-corrected chi connectivity index (χ1v) is 8.37. The number of aryl methyl sites for hydroxylation is 1. The molecule has 0 saturated carbocycles. The van der Waals surface area contributed by atoms with Crippen molar-refractivity contribution in [3.8, 4) is 0 Å². The van der Waals surface area contributed by atoms with Gasteiger partial charge in [-0.05, 0) is 12.5 Å². The molecule has 0 radical (unpaired) electrons. The van der Waals surface area contributed by atoms with E-state index in [0.29, 0.717) is 12.1 Å². The Balaban J connectivity index is 1.44. The van der Waals surface area contributed by atoms with Gasteiger partial charge in [-0.15, -0.1) is 0 Å². The van der Waals surface area contributed by atoms with Crippen LogP contribution in [-0.4, -0.2) is 32.5 Å². The van der Waals surface area contributed by atoms with E-state index in [9.17, 15) is 4.79 Å². The number of nitrogens with zero attached hydrogens (tertiary/aromatic N) is 3. The molecule has 0 saturated heterocycles. The highest BCUT2D eigenvalue weighted by Crippen LogP contribution is 2.24. The Morgan fingerprint density at radius 3 is 3.24 bits per heavy atom. The summed E-state index contributed by atoms with van der Waals surface area (Å²) in [5.74, 6) is -0.214. The fourth-order valence-electron chi connectivity index (χ4n) is 3.00. The number of nitrogens with one attached hydrogen (secondary N) is 2. The summed E-state index contributed by atoms with van der Waals surface area (Å²) in [6.07, 6.45) is 6.15. The number of fused-ring (bicyclic) bond motifs is 1. The SMILES string of the molecule is CCCn1cc(NC(=O)C2CC(c3cccc4cc[nH]c34)=NO2)cn1. The van der Waals surface area contributed by atoms with Crippen molar-refractivity contribution in [2.75, 3.05) is 5.32 Å². The molecule has 1 atom stereocenters. The molecule has 3 aromatic rings. The average molecular weight is 337 g/mol. The van der Waals surface area contributed by atoms with Crippen LogP contribution < -0.4 is 5.32 Å². The Kier molecular flexibility index (Phi) is 3.97. The van der Waals surface area contributed by atoms with Crippen LogP contribution in [0.2, 0.25) is 0 Å². The second-order valence-corrected chi connectivity index (χ2v) is 6.06. The zero-order chi connectivity index (χ0) is 17.2. The molecule has 1 aliphatic heterocycles. The summed E-state index contributed by atoms with van der Waals surface area (Å²) in [5.41, 5.74) is 3.41. The second kappa shape index (κ2) is 6.43. The number of anilines is 1. The fourth-order valence-corrected chi connectivity index (χ4v) is 3.00. The van der Waals surface area contributed by atoms with Gasteiger partial charge in [0.2, 0.25) is 6.10 Å². The molecule has 3 heterocycles. The van der Waals surface area contributed by atoms with E-state index in [1.807, 2.05) is 36.7 Å². The van der Waals surface area contributed by atoms with Gasteiger partial charge >= 0.3 is 0 Å². The van der Waals surface area contributed by atoms with Crippen LogP contribution in [-0.2, 0) is 16.2 Å². The third-order valence-corrected chi connectivity index (χ3v) is 4.21. The predicted molar refractivity (Wildman–Crippen MR) is 95.5 cm³/mol. The molecule has 0 bridgehead atoms. The Labute approximate surface area is 144 Å². The zero-order valence-corrected chi connectivity index (χ0v) is 13.9. The van der Waals surface area contributed by atoms with E-state index < -0.39 is 6.10 Å². The van der Waals surface area contributed by atoms with Crippen molar-refractivity contribution in [2.24, 2.45) is 5.16 Å². The van der Waals surface area contributed by atoms with Crippen molar-refractivity contribution in [3.63, 3.8) is 0 Å². The van der Waals surface area contributed by atoms with E-state index in [4.69, 9.17) is 4.84 Å². The Morgan fingerprint density at radius 2 is 2.36 bits per heavy atom. The molecular formula is C18H19N5O2. The molecule has 1 unspecified atom stereocenters. The third kappa shape index (κ3) is 3.00. The van der Waals surface area contributed by atoms with Crippen molar-refractivity contribution >= 4 is 28.2 Å². The van der Waals surface area contributed by atoms with E-state index in [2.05, 4.69) is 27.5 Å². The normalized spacial score (nSPS) is 16.7. The molecular weight excluding hydrogens is 318 g/mol. The highest BCUT2D eigenvalue weighted by molar-refractivity contribution is 6.12. The van der Waals surface area contributed by atoms with E-state index in [1.165, 1.54) is 0 Å². The molecule has 2 aromatic heterocycles. The highest BCUT2D eigenvalue weighted by atomic mass is 16.6. The molecule has 1 aromatic carbocycles. The maximum atomic E-state index is 12.4. The standard InChI is InChI=1S/C18H19N5O2/c1-2-8-23-11-13(10-20-23)21-18(24)16-9-15(22-25-16)14-5-3-4-12-6-7-19-17(12)14/h3-7,10-11,16,19H,2,8-9H2,1H3,(H,21,24). The summed E-state index contributed by atoms with van der Waals surface area (Å²) in [6.45, 7) is 2.90. The lowest BCUT2D eigenvalue weighted by Crippen LogP contribution is -2.27. The van der Waals surface area contributed by atoms with Gasteiger partial charge in [-0.1, -0.05) is 30.3 Å². The molecule has 4 rings (SSSR count). The lowest BCUT2D eigenvalue weighted by atomic mass is 10.0. The monoisotopic (exact) mass is 337 g/mol. The Morgan fingerprint density at radius 1 is 1.44 bits per heavy atom. The summed E-state index contributed by atoms with van der Waals surface area (Å²) >= 11 is 0. The zero-order valence-electron chi connectivity index (χ0n) is 13.9. The van der Waals surface area contributed by atoms with Gasteiger partial charge in [-0.3, -0.25) is 9.48 Å². The van der Waals surface area contributed by atoms with Crippen molar-refractivity contribution in [1.29, 1.82) is 0 Å². The van der Waals surface area contributed by atoms with Gasteiger partial charge in [0, 0.05) is 36.3 Å². The number of H-pyrrole nitrogens is 1. The number of oxime groups is 1. The largest absolute Gasteiger partial charge is 0.382 e. The maximum absolute atomic E-state index is 12.4.